The van der Waals surface area contributed by atoms with Crippen LogP contribution in [0.15, 0.2) is 52.5 Å². The topological polar surface area (TPSA) is 65.1 Å². The molecule has 33 heavy (non-hydrogen) atoms. The Balaban J connectivity index is 1.46. The van der Waals surface area contributed by atoms with Gasteiger partial charge in [0.05, 0.1) is 16.8 Å². The van der Waals surface area contributed by atoms with E-state index in [4.69, 9.17) is 9.97 Å². The van der Waals surface area contributed by atoms with Gasteiger partial charge in [-0.25, -0.2) is 15.0 Å². The summed E-state index contributed by atoms with van der Waals surface area (Å²) in [5, 5.41) is 1.51. The number of thioether (sulfide) groups is 1. The molecular formula is C25H23N5OS2. The minimum Gasteiger partial charge on any atom is -0.288 e. The molecule has 4 aromatic heterocycles. The second-order valence-electron chi connectivity index (χ2n) is 8.49. The third-order valence-electron chi connectivity index (χ3n) is 6.13. The lowest BCUT2D eigenvalue weighted by molar-refractivity contribution is 0.699. The van der Waals surface area contributed by atoms with Crippen molar-refractivity contribution < 1.29 is 0 Å². The second kappa shape index (κ2) is 8.11. The minimum absolute atomic E-state index is 0.0382. The van der Waals surface area contributed by atoms with E-state index in [9.17, 15) is 4.79 Å². The van der Waals surface area contributed by atoms with Crippen LogP contribution in [0.25, 0.3) is 21.7 Å². The molecule has 4 heterocycles. The van der Waals surface area contributed by atoms with Crippen molar-refractivity contribution in [1.82, 2.24) is 23.9 Å². The van der Waals surface area contributed by atoms with E-state index in [1.807, 2.05) is 53.9 Å². The zero-order chi connectivity index (χ0) is 22.5. The van der Waals surface area contributed by atoms with Crippen molar-refractivity contribution in [2.24, 2.45) is 0 Å². The monoisotopic (exact) mass is 473 g/mol. The molecule has 0 amide bonds. The van der Waals surface area contributed by atoms with Crippen LogP contribution in [0.2, 0.25) is 0 Å². The number of aryl methyl sites for hydroxylation is 4. The van der Waals surface area contributed by atoms with Crippen LogP contribution in [-0.4, -0.2) is 23.9 Å². The number of nitrogens with zero attached hydrogens (tertiary/aromatic N) is 5. The van der Waals surface area contributed by atoms with Gasteiger partial charge in [-0.3, -0.25) is 13.8 Å². The van der Waals surface area contributed by atoms with E-state index < -0.39 is 0 Å². The van der Waals surface area contributed by atoms with Crippen LogP contribution in [-0.2, 0) is 18.6 Å². The molecule has 166 valence electrons. The minimum atomic E-state index is 0.0382. The highest BCUT2D eigenvalue weighted by atomic mass is 32.2. The lowest BCUT2D eigenvalue weighted by Crippen LogP contribution is -2.22. The molecule has 0 saturated carbocycles. The van der Waals surface area contributed by atoms with Crippen molar-refractivity contribution in [2.45, 2.75) is 50.4 Å². The predicted octanol–water partition coefficient (Wildman–Crippen LogP) is 5.28. The number of hydrogen-bond donors (Lipinski definition) is 0. The van der Waals surface area contributed by atoms with E-state index in [0.29, 0.717) is 16.7 Å². The summed E-state index contributed by atoms with van der Waals surface area (Å²) in [6.07, 6.45) is 6.38. The number of hydrogen-bond acceptors (Lipinski definition) is 6. The van der Waals surface area contributed by atoms with Gasteiger partial charge >= 0.3 is 0 Å². The molecule has 0 unspecified atom stereocenters. The Hall–Kier alpha value is -2.97. The van der Waals surface area contributed by atoms with Crippen LogP contribution in [0, 0.1) is 13.8 Å². The average Bonchev–Trinajstić information content (AvgIpc) is 3.39. The summed E-state index contributed by atoms with van der Waals surface area (Å²) in [5.41, 5.74) is 5.08. The Morgan fingerprint density at radius 3 is 2.73 bits per heavy atom. The molecule has 0 radical (unpaired) electrons. The quantitative estimate of drug-likeness (QED) is 0.263. The summed E-state index contributed by atoms with van der Waals surface area (Å²) in [7, 11) is 0. The first kappa shape index (κ1) is 20.6. The molecule has 8 heteroatoms. The van der Waals surface area contributed by atoms with Crippen molar-refractivity contribution in [3.8, 4) is 5.69 Å². The number of imidazole rings is 1. The molecule has 0 spiro atoms. The fourth-order valence-corrected chi connectivity index (χ4v) is 6.81. The van der Waals surface area contributed by atoms with E-state index in [0.717, 1.165) is 52.2 Å². The molecule has 6 nitrogen and oxygen atoms in total. The summed E-state index contributed by atoms with van der Waals surface area (Å²) in [6.45, 7) is 4.04. The maximum Gasteiger partial charge on any atom is 0.267 e. The smallest absolute Gasteiger partial charge is 0.267 e. The van der Waals surface area contributed by atoms with Gasteiger partial charge in [0.1, 0.15) is 4.83 Å². The number of rotatable bonds is 4. The third-order valence-corrected chi connectivity index (χ3v) is 8.29. The SMILES string of the molecule is Cc1cc(C)n2cc(CSc3nc4sc5c(c4c(=O)n3-c3ccccc3)CCCC5)nc2n1. The zero-order valence-corrected chi connectivity index (χ0v) is 20.2. The lowest BCUT2D eigenvalue weighted by atomic mass is 9.97. The molecule has 6 rings (SSSR count). The summed E-state index contributed by atoms with van der Waals surface area (Å²) in [4.78, 5) is 30.3. The van der Waals surface area contributed by atoms with E-state index in [2.05, 4.69) is 11.9 Å². The number of fused-ring (bicyclic) bond motifs is 4. The van der Waals surface area contributed by atoms with E-state index >= 15 is 0 Å². The Bertz CT molecular complexity index is 1570. The second-order valence-corrected chi connectivity index (χ2v) is 10.5. The van der Waals surface area contributed by atoms with Crippen molar-refractivity contribution in [3.63, 3.8) is 0 Å². The molecule has 0 atom stereocenters. The first-order valence-corrected chi connectivity index (χ1v) is 13.0. The third kappa shape index (κ3) is 3.57. The molecule has 0 N–H and O–H groups in total. The van der Waals surface area contributed by atoms with Gasteiger partial charge in [0, 0.05) is 28.2 Å². The van der Waals surface area contributed by atoms with E-state index in [1.165, 1.54) is 16.9 Å². The number of benzene rings is 1. The Morgan fingerprint density at radius 1 is 1.06 bits per heavy atom. The summed E-state index contributed by atoms with van der Waals surface area (Å²) >= 11 is 3.24. The fraction of sp³-hybridized carbons (Fsp3) is 0.280. The molecule has 1 aliphatic rings. The highest BCUT2D eigenvalue weighted by molar-refractivity contribution is 7.98. The molecule has 5 aromatic rings. The van der Waals surface area contributed by atoms with Crippen molar-refractivity contribution in [3.05, 3.63) is 80.5 Å². The first-order valence-electron chi connectivity index (χ1n) is 11.2. The molecule has 1 aliphatic carbocycles. The van der Waals surface area contributed by atoms with Gasteiger partial charge in [-0.05, 0) is 63.3 Å². The fourth-order valence-electron chi connectivity index (χ4n) is 4.61. The van der Waals surface area contributed by atoms with Crippen molar-refractivity contribution in [1.29, 1.82) is 0 Å². The maximum atomic E-state index is 13.8. The zero-order valence-electron chi connectivity index (χ0n) is 18.5. The van der Waals surface area contributed by atoms with Crippen molar-refractivity contribution >= 4 is 39.1 Å². The molecule has 1 aromatic carbocycles. The highest BCUT2D eigenvalue weighted by Crippen LogP contribution is 2.35. The molecular weight excluding hydrogens is 450 g/mol. The Kier molecular flexibility index (Phi) is 5.07. The van der Waals surface area contributed by atoms with Crippen LogP contribution in [0.1, 0.15) is 40.4 Å². The highest BCUT2D eigenvalue weighted by Gasteiger charge is 2.23. The van der Waals surface area contributed by atoms with Gasteiger partial charge in [0.15, 0.2) is 5.16 Å². The molecule has 0 fully saturated rings. The first-order chi connectivity index (χ1) is 16.1. The van der Waals surface area contributed by atoms with Crippen LogP contribution in [0.5, 0.6) is 0 Å². The van der Waals surface area contributed by atoms with Gasteiger partial charge in [0.2, 0.25) is 5.78 Å². The molecule has 0 aliphatic heterocycles. The van der Waals surface area contributed by atoms with Gasteiger partial charge in [-0.15, -0.1) is 11.3 Å². The standard InChI is InChI=1S/C25H23N5OS2/c1-15-12-16(2)29-13-17(27-24(29)26-15)14-32-25-28-22-21(19-10-6-7-11-20(19)33-22)23(31)30(25)18-8-4-3-5-9-18/h3-5,8-9,12-13H,6-7,10-11,14H2,1-2H3. The lowest BCUT2D eigenvalue weighted by Gasteiger charge is -2.13. The molecule has 0 saturated heterocycles. The maximum absolute atomic E-state index is 13.8. The Morgan fingerprint density at radius 2 is 1.88 bits per heavy atom. The van der Waals surface area contributed by atoms with Crippen LogP contribution in [0.3, 0.4) is 0 Å². The summed E-state index contributed by atoms with van der Waals surface area (Å²) in [6, 6.07) is 11.9. The summed E-state index contributed by atoms with van der Waals surface area (Å²) in [5.74, 6) is 1.32. The summed E-state index contributed by atoms with van der Waals surface area (Å²) < 4.78 is 3.79. The van der Waals surface area contributed by atoms with Gasteiger partial charge in [-0.2, -0.15) is 0 Å². The van der Waals surface area contributed by atoms with E-state index in [-0.39, 0.29) is 5.56 Å². The number of para-hydroxylation sites is 1. The van der Waals surface area contributed by atoms with Gasteiger partial charge < -0.3 is 0 Å². The van der Waals surface area contributed by atoms with Gasteiger partial charge in [0.25, 0.3) is 5.56 Å². The van der Waals surface area contributed by atoms with Crippen molar-refractivity contribution in [2.75, 3.05) is 0 Å². The Labute approximate surface area is 199 Å². The van der Waals surface area contributed by atoms with Crippen LogP contribution >= 0.6 is 23.1 Å². The molecule has 0 bridgehead atoms. The van der Waals surface area contributed by atoms with E-state index in [1.54, 1.807) is 27.7 Å². The number of aromatic nitrogens is 5. The largest absolute Gasteiger partial charge is 0.288 e. The number of thiophene rings is 1. The van der Waals surface area contributed by atoms with Crippen LogP contribution in [0.4, 0.5) is 0 Å². The predicted molar refractivity (Wildman–Crippen MR) is 134 cm³/mol. The normalized spacial score (nSPS) is 13.6. The van der Waals surface area contributed by atoms with Crippen LogP contribution < -0.4 is 5.56 Å². The van der Waals surface area contributed by atoms with Gasteiger partial charge in [-0.1, -0.05) is 30.0 Å². The average molecular weight is 474 g/mol.